The van der Waals surface area contributed by atoms with Gasteiger partial charge in [0.1, 0.15) is 17.3 Å². The highest BCUT2D eigenvalue weighted by Gasteiger charge is 2.19. The number of nitriles is 1. The molecule has 0 radical (unpaired) electrons. The molecule has 0 spiro atoms. The summed E-state index contributed by atoms with van der Waals surface area (Å²) in [5, 5.41) is 9.13. The molecular weight excluding hydrogens is 256 g/mol. The number of anilines is 1. The Kier molecular flexibility index (Phi) is 3.25. The van der Waals surface area contributed by atoms with Crippen molar-refractivity contribution in [1.29, 1.82) is 5.26 Å². The van der Waals surface area contributed by atoms with Gasteiger partial charge in [0, 0.05) is 13.1 Å². The lowest BCUT2D eigenvalue weighted by Crippen LogP contribution is -2.33. The van der Waals surface area contributed by atoms with Crippen molar-refractivity contribution in [3.05, 3.63) is 34.3 Å². The molecule has 1 fully saturated rings. The predicted molar refractivity (Wildman–Crippen MR) is 73.3 cm³/mol. The number of rotatable bonds is 2. The highest BCUT2D eigenvalue weighted by molar-refractivity contribution is 5.62. The van der Waals surface area contributed by atoms with E-state index in [-0.39, 0.29) is 5.56 Å². The molecule has 0 saturated carbocycles. The zero-order valence-electron chi connectivity index (χ0n) is 10.9. The second kappa shape index (κ2) is 5.21. The van der Waals surface area contributed by atoms with Crippen LogP contribution in [0.5, 0.6) is 0 Å². The third kappa shape index (κ3) is 2.18. The van der Waals surface area contributed by atoms with Crippen LogP contribution in [0.1, 0.15) is 24.8 Å². The number of hydrogen-bond donors (Lipinski definition) is 1. The Morgan fingerprint density at radius 3 is 2.80 bits per heavy atom. The van der Waals surface area contributed by atoms with Crippen molar-refractivity contribution in [2.45, 2.75) is 19.3 Å². The smallest absolute Gasteiger partial charge is 0.271 e. The molecule has 0 amide bonds. The maximum atomic E-state index is 12.0. The first-order chi connectivity index (χ1) is 9.79. The summed E-state index contributed by atoms with van der Waals surface area (Å²) in [6.07, 6.45) is 4.86. The average molecular weight is 270 g/mol. The second-order valence-electron chi connectivity index (χ2n) is 4.75. The number of nitrogens with zero attached hydrogens (tertiary/aromatic N) is 3. The van der Waals surface area contributed by atoms with E-state index in [1.165, 1.54) is 12.7 Å². The predicted octanol–water partition coefficient (Wildman–Crippen LogP) is 1.89. The van der Waals surface area contributed by atoms with E-state index in [1.807, 2.05) is 11.0 Å². The fourth-order valence-electron chi connectivity index (χ4n) is 2.41. The van der Waals surface area contributed by atoms with Crippen LogP contribution in [0.4, 0.5) is 5.95 Å². The van der Waals surface area contributed by atoms with Crippen molar-refractivity contribution in [1.82, 2.24) is 9.97 Å². The topological polar surface area (TPSA) is 85.9 Å². The quantitative estimate of drug-likeness (QED) is 0.900. The molecule has 3 heterocycles. The van der Waals surface area contributed by atoms with Gasteiger partial charge >= 0.3 is 0 Å². The first-order valence-corrected chi connectivity index (χ1v) is 6.63. The van der Waals surface area contributed by atoms with E-state index in [0.717, 1.165) is 25.9 Å². The zero-order chi connectivity index (χ0) is 13.9. The van der Waals surface area contributed by atoms with Crippen LogP contribution >= 0.6 is 0 Å². The second-order valence-corrected chi connectivity index (χ2v) is 4.75. The van der Waals surface area contributed by atoms with Crippen molar-refractivity contribution in [3.8, 4) is 17.5 Å². The van der Waals surface area contributed by atoms with E-state index < -0.39 is 5.56 Å². The molecule has 1 aliphatic heterocycles. The molecule has 0 atom stereocenters. The largest absolute Gasteiger partial charge is 0.463 e. The van der Waals surface area contributed by atoms with E-state index >= 15 is 0 Å². The van der Waals surface area contributed by atoms with E-state index in [4.69, 9.17) is 9.68 Å². The van der Waals surface area contributed by atoms with E-state index in [2.05, 4.69) is 9.97 Å². The number of nitrogens with one attached hydrogen (secondary N) is 1. The molecular formula is C14H14N4O2. The number of aromatic nitrogens is 2. The van der Waals surface area contributed by atoms with Crippen molar-refractivity contribution in [3.63, 3.8) is 0 Å². The number of aromatic amines is 1. The average Bonchev–Trinajstić information content (AvgIpc) is 3.01. The summed E-state index contributed by atoms with van der Waals surface area (Å²) in [7, 11) is 0. The normalized spacial score (nSPS) is 15.1. The Hall–Kier alpha value is -2.55. The van der Waals surface area contributed by atoms with Gasteiger partial charge < -0.3 is 9.32 Å². The molecule has 1 saturated heterocycles. The molecule has 20 heavy (non-hydrogen) atoms. The molecule has 1 aliphatic rings. The Morgan fingerprint density at radius 1 is 1.35 bits per heavy atom. The lowest BCUT2D eigenvalue weighted by molar-refractivity contribution is 0.564. The molecule has 1 N–H and O–H groups in total. The fourth-order valence-corrected chi connectivity index (χ4v) is 2.41. The van der Waals surface area contributed by atoms with Crippen LogP contribution in [-0.4, -0.2) is 23.1 Å². The van der Waals surface area contributed by atoms with E-state index in [9.17, 15) is 4.79 Å². The summed E-state index contributed by atoms with van der Waals surface area (Å²) in [6, 6.07) is 5.30. The third-order valence-corrected chi connectivity index (χ3v) is 3.43. The molecule has 6 heteroatoms. The van der Waals surface area contributed by atoms with Gasteiger partial charge in [-0.3, -0.25) is 9.78 Å². The summed E-state index contributed by atoms with van der Waals surface area (Å²) in [5.41, 5.74) is -0.128. The highest BCUT2D eigenvalue weighted by Crippen LogP contribution is 2.22. The Morgan fingerprint density at radius 2 is 2.15 bits per heavy atom. The number of piperidine rings is 1. The number of hydrogen-bond acceptors (Lipinski definition) is 5. The minimum atomic E-state index is -0.422. The van der Waals surface area contributed by atoms with Gasteiger partial charge in [-0.05, 0) is 31.4 Å². The molecule has 102 valence electrons. The Bertz CT molecular complexity index is 691. The molecule has 2 aromatic heterocycles. The monoisotopic (exact) mass is 270 g/mol. The van der Waals surface area contributed by atoms with Gasteiger partial charge in [-0.2, -0.15) is 5.26 Å². The standard InChI is InChI=1S/C14H14N4O2/c15-9-10-12(11-5-4-8-20-11)16-14(17-13(10)19)18-6-2-1-3-7-18/h4-5,8H,1-3,6-7H2,(H,16,17,19). The first-order valence-electron chi connectivity index (χ1n) is 6.63. The summed E-state index contributed by atoms with van der Waals surface area (Å²) >= 11 is 0. The molecule has 0 aromatic carbocycles. The van der Waals surface area contributed by atoms with Crippen molar-refractivity contribution in [2.75, 3.05) is 18.0 Å². The molecule has 0 unspecified atom stereocenters. The van der Waals surface area contributed by atoms with Gasteiger partial charge in [-0.1, -0.05) is 0 Å². The van der Waals surface area contributed by atoms with Gasteiger partial charge in [-0.25, -0.2) is 4.98 Å². The van der Waals surface area contributed by atoms with Crippen molar-refractivity contribution in [2.24, 2.45) is 0 Å². The van der Waals surface area contributed by atoms with Crippen molar-refractivity contribution >= 4 is 5.95 Å². The van der Waals surface area contributed by atoms with Crippen LogP contribution in [0, 0.1) is 11.3 Å². The van der Waals surface area contributed by atoms with Crippen LogP contribution < -0.4 is 10.5 Å². The van der Waals surface area contributed by atoms with Crippen LogP contribution in [0.25, 0.3) is 11.5 Å². The number of H-pyrrole nitrogens is 1. The summed E-state index contributed by atoms with van der Waals surface area (Å²) in [5.74, 6) is 0.950. The van der Waals surface area contributed by atoms with Gasteiger partial charge in [0.25, 0.3) is 5.56 Å². The molecule has 3 rings (SSSR count). The highest BCUT2D eigenvalue weighted by atomic mass is 16.3. The van der Waals surface area contributed by atoms with Crippen LogP contribution in [0.15, 0.2) is 27.6 Å². The van der Waals surface area contributed by atoms with Gasteiger partial charge in [0.15, 0.2) is 5.76 Å². The Balaban J connectivity index is 2.10. The summed E-state index contributed by atoms with van der Waals surface area (Å²) in [6.45, 7) is 1.73. The van der Waals surface area contributed by atoms with E-state index in [0.29, 0.717) is 17.4 Å². The molecule has 0 aliphatic carbocycles. The third-order valence-electron chi connectivity index (χ3n) is 3.43. The van der Waals surface area contributed by atoms with E-state index in [1.54, 1.807) is 12.1 Å². The van der Waals surface area contributed by atoms with Gasteiger partial charge in [0.2, 0.25) is 5.95 Å². The lowest BCUT2D eigenvalue weighted by Gasteiger charge is -2.27. The minimum absolute atomic E-state index is 0.0132. The molecule has 2 aromatic rings. The first kappa shape index (κ1) is 12.5. The molecule has 0 bridgehead atoms. The lowest BCUT2D eigenvalue weighted by atomic mass is 10.1. The Labute approximate surface area is 115 Å². The van der Waals surface area contributed by atoms with Crippen molar-refractivity contribution < 1.29 is 4.42 Å². The zero-order valence-corrected chi connectivity index (χ0v) is 10.9. The maximum Gasteiger partial charge on any atom is 0.271 e. The van der Waals surface area contributed by atoms with Crippen LogP contribution in [0.2, 0.25) is 0 Å². The van der Waals surface area contributed by atoms with Gasteiger partial charge in [0.05, 0.1) is 6.26 Å². The van der Waals surface area contributed by atoms with Crippen LogP contribution in [-0.2, 0) is 0 Å². The maximum absolute atomic E-state index is 12.0. The number of furan rings is 1. The molecule has 6 nitrogen and oxygen atoms in total. The van der Waals surface area contributed by atoms with Crippen LogP contribution in [0.3, 0.4) is 0 Å². The summed E-state index contributed by atoms with van der Waals surface area (Å²) in [4.78, 5) is 21.2. The summed E-state index contributed by atoms with van der Waals surface area (Å²) < 4.78 is 5.27. The minimum Gasteiger partial charge on any atom is -0.463 e. The SMILES string of the molecule is N#Cc1c(-c2ccco2)nc(N2CCCCC2)[nH]c1=O. The van der Waals surface area contributed by atoms with Gasteiger partial charge in [-0.15, -0.1) is 0 Å². The fraction of sp³-hybridized carbons (Fsp3) is 0.357.